The van der Waals surface area contributed by atoms with E-state index in [1.54, 1.807) is 13.3 Å². The van der Waals surface area contributed by atoms with Gasteiger partial charge < -0.3 is 18.9 Å². The summed E-state index contributed by atoms with van der Waals surface area (Å²) in [7, 11) is 1.74. The zero-order valence-electron chi connectivity index (χ0n) is 23.5. The standard InChI is InChI=1S/C30H40N4O4/c1-19-14-26(20(2)32(19)17-21-8-7-9-25(15-21)37-6)28(35)34(23-10-11-23)24-12-13-27-22(16-24)18-33(31-27)29(36)38-30(3,4)5/h7-8,14-15,18,23-25H,9-13,16-17H2,1-6H3. The minimum absolute atomic E-state index is 0.0910. The zero-order valence-corrected chi connectivity index (χ0v) is 23.5. The van der Waals surface area contributed by atoms with Gasteiger partial charge in [0.05, 0.1) is 17.4 Å². The molecule has 0 aromatic carbocycles. The third-order valence-electron chi connectivity index (χ3n) is 7.74. The van der Waals surface area contributed by atoms with E-state index in [0.29, 0.717) is 6.42 Å². The Bertz CT molecular complexity index is 1290. The smallest absolute Gasteiger partial charge is 0.435 e. The zero-order chi connectivity index (χ0) is 27.2. The van der Waals surface area contributed by atoms with Crippen LogP contribution in [0.1, 0.15) is 79.5 Å². The number of hydrogen-bond donors (Lipinski definition) is 0. The molecule has 2 unspecified atom stereocenters. The van der Waals surface area contributed by atoms with Crippen LogP contribution in [0.5, 0.6) is 0 Å². The molecule has 0 radical (unpaired) electrons. The van der Waals surface area contributed by atoms with Crippen LogP contribution >= 0.6 is 0 Å². The lowest BCUT2D eigenvalue weighted by Gasteiger charge is -2.34. The van der Waals surface area contributed by atoms with Crippen LogP contribution in [0, 0.1) is 13.8 Å². The number of rotatable bonds is 6. The van der Waals surface area contributed by atoms with Crippen LogP contribution in [-0.2, 0) is 28.9 Å². The minimum Gasteiger partial charge on any atom is -0.442 e. The van der Waals surface area contributed by atoms with E-state index < -0.39 is 11.7 Å². The summed E-state index contributed by atoms with van der Waals surface area (Å²) in [5.74, 6) is 0.114. The van der Waals surface area contributed by atoms with E-state index in [1.165, 1.54) is 10.3 Å². The number of carbonyl (C=O) groups is 2. The lowest BCUT2D eigenvalue weighted by molar-refractivity contribution is 0.0513. The number of hydrogen-bond acceptors (Lipinski definition) is 5. The molecule has 3 aliphatic rings. The fraction of sp³-hybridized carbons (Fsp3) is 0.567. The van der Waals surface area contributed by atoms with Gasteiger partial charge in [0, 0.05) is 43.3 Å². The molecule has 5 rings (SSSR count). The predicted molar refractivity (Wildman–Crippen MR) is 145 cm³/mol. The Morgan fingerprint density at radius 1 is 1.16 bits per heavy atom. The highest BCUT2D eigenvalue weighted by atomic mass is 16.6. The number of allylic oxidation sites excluding steroid dienone is 2. The SMILES string of the molecule is COC1C=C(Cn2c(C)cc(C(=O)N(C3CC3)C3CCc4nn(C(=O)OC(C)(C)C)cc4C3)c2C)C=CC1. The Balaban J connectivity index is 1.35. The molecule has 0 spiro atoms. The van der Waals surface area contributed by atoms with E-state index in [0.717, 1.165) is 66.9 Å². The molecule has 2 atom stereocenters. The van der Waals surface area contributed by atoms with Crippen molar-refractivity contribution < 1.29 is 19.1 Å². The number of ether oxygens (including phenoxy) is 2. The number of amides is 1. The van der Waals surface area contributed by atoms with Crippen LogP contribution in [-0.4, -0.2) is 62.1 Å². The average Bonchev–Trinajstić information content (AvgIpc) is 3.53. The molecule has 1 amide bonds. The van der Waals surface area contributed by atoms with Gasteiger partial charge in [0.15, 0.2) is 0 Å². The van der Waals surface area contributed by atoms with Crippen molar-refractivity contribution in [2.24, 2.45) is 0 Å². The fourth-order valence-corrected chi connectivity index (χ4v) is 5.68. The van der Waals surface area contributed by atoms with Crippen molar-refractivity contribution in [2.45, 2.75) is 103 Å². The maximum absolute atomic E-state index is 14.1. The summed E-state index contributed by atoms with van der Waals surface area (Å²) in [6.45, 7) is 10.4. The number of methoxy groups -OCH3 is 1. The third kappa shape index (κ3) is 5.51. The molecule has 0 saturated heterocycles. The lowest BCUT2D eigenvalue weighted by atomic mass is 9.91. The number of fused-ring (bicyclic) bond motifs is 1. The van der Waals surface area contributed by atoms with Crippen LogP contribution in [0.2, 0.25) is 0 Å². The summed E-state index contributed by atoms with van der Waals surface area (Å²) in [6, 6.07) is 2.42. The average molecular weight is 521 g/mol. The first-order valence-corrected chi connectivity index (χ1v) is 13.7. The first-order chi connectivity index (χ1) is 18.0. The van der Waals surface area contributed by atoms with Crippen molar-refractivity contribution in [3.63, 3.8) is 0 Å². The number of nitrogens with zero attached hydrogens (tertiary/aromatic N) is 4. The van der Waals surface area contributed by atoms with Crippen molar-refractivity contribution in [3.05, 3.63) is 64.3 Å². The maximum atomic E-state index is 14.1. The van der Waals surface area contributed by atoms with Gasteiger partial charge in [-0.3, -0.25) is 4.79 Å². The van der Waals surface area contributed by atoms with Crippen LogP contribution < -0.4 is 0 Å². The van der Waals surface area contributed by atoms with Gasteiger partial charge in [-0.15, -0.1) is 0 Å². The van der Waals surface area contributed by atoms with Gasteiger partial charge >= 0.3 is 6.09 Å². The summed E-state index contributed by atoms with van der Waals surface area (Å²) in [5, 5.41) is 4.50. The molecule has 2 aromatic heterocycles. The summed E-state index contributed by atoms with van der Waals surface area (Å²) in [4.78, 5) is 28.7. The number of carbonyl (C=O) groups excluding carboxylic acids is 2. The number of aryl methyl sites for hydroxylation is 2. The largest absolute Gasteiger partial charge is 0.442 e. The second kappa shape index (κ2) is 10.2. The Kier molecular flexibility index (Phi) is 7.11. The van der Waals surface area contributed by atoms with Crippen LogP contribution in [0.25, 0.3) is 0 Å². The van der Waals surface area contributed by atoms with Crippen molar-refractivity contribution in [1.82, 2.24) is 19.2 Å². The molecule has 0 N–H and O–H groups in total. The normalized spacial score (nSPS) is 21.2. The molecular formula is C30H40N4O4. The Morgan fingerprint density at radius 3 is 2.61 bits per heavy atom. The molecule has 1 fully saturated rings. The van der Waals surface area contributed by atoms with Crippen molar-refractivity contribution >= 4 is 12.0 Å². The fourth-order valence-electron chi connectivity index (χ4n) is 5.68. The Hall–Kier alpha value is -3.13. The third-order valence-corrected chi connectivity index (χ3v) is 7.74. The van der Waals surface area contributed by atoms with Gasteiger partial charge in [0.2, 0.25) is 0 Å². The maximum Gasteiger partial charge on any atom is 0.435 e. The quantitative estimate of drug-likeness (QED) is 0.527. The summed E-state index contributed by atoms with van der Waals surface area (Å²) in [6.07, 6.45) is 13.2. The first-order valence-electron chi connectivity index (χ1n) is 13.7. The topological polar surface area (TPSA) is 78.6 Å². The predicted octanol–water partition coefficient (Wildman–Crippen LogP) is 5.15. The molecule has 2 heterocycles. The Labute approximate surface area is 225 Å². The molecular weight excluding hydrogens is 480 g/mol. The van der Waals surface area contributed by atoms with Crippen molar-refractivity contribution in [2.75, 3.05) is 7.11 Å². The van der Waals surface area contributed by atoms with Gasteiger partial charge in [0.25, 0.3) is 5.91 Å². The van der Waals surface area contributed by atoms with Gasteiger partial charge in [0.1, 0.15) is 5.60 Å². The van der Waals surface area contributed by atoms with Gasteiger partial charge in [-0.1, -0.05) is 18.2 Å². The van der Waals surface area contributed by atoms with E-state index in [4.69, 9.17) is 9.47 Å². The summed E-state index contributed by atoms with van der Waals surface area (Å²) < 4.78 is 14.6. The molecule has 38 heavy (non-hydrogen) atoms. The van der Waals surface area contributed by atoms with Gasteiger partial charge in [-0.2, -0.15) is 9.78 Å². The highest BCUT2D eigenvalue weighted by molar-refractivity contribution is 5.96. The van der Waals surface area contributed by atoms with Gasteiger partial charge in [-0.25, -0.2) is 4.79 Å². The van der Waals surface area contributed by atoms with E-state index >= 15 is 0 Å². The molecule has 0 aliphatic heterocycles. The minimum atomic E-state index is -0.580. The molecule has 3 aliphatic carbocycles. The van der Waals surface area contributed by atoms with Crippen LogP contribution in [0.3, 0.4) is 0 Å². The molecule has 8 nitrogen and oxygen atoms in total. The van der Waals surface area contributed by atoms with Crippen LogP contribution in [0.4, 0.5) is 4.79 Å². The highest BCUT2D eigenvalue weighted by Gasteiger charge is 2.40. The Morgan fingerprint density at radius 2 is 1.92 bits per heavy atom. The second-order valence-electron chi connectivity index (χ2n) is 11.9. The highest BCUT2D eigenvalue weighted by Crippen LogP contribution is 2.36. The molecule has 204 valence electrons. The van der Waals surface area contributed by atoms with Crippen LogP contribution in [0.15, 0.2) is 36.1 Å². The molecule has 0 bridgehead atoms. The van der Waals surface area contributed by atoms with E-state index in [1.807, 2.05) is 26.8 Å². The van der Waals surface area contributed by atoms with E-state index in [2.05, 4.69) is 46.6 Å². The molecule has 8 heteroatoms. The summed E-state index contributed by atoms with van der Waals surface area (Å²) >= 11 is 0. The second-order valence-corrected chi connectivity index (χ2v) is 11.9. The monoisotopic (exact) mass is 520 g/mol. The molecule has 2 aromatic rings. The van der Waals surface area contributed by atoms with E-state index in [9.17, 15) is 9.59 Å². The first kappa shape index (κ1) is 26.5. The van der Waals surface area contributed by atoms with E-state index in [-0.39, 0.29) is 24.1 Å². The molecule has 1 saturated carbocycles. The van der Waals surface area contributed by atoms with Gasteiger partial charge in [-0.05, 0) is 90.3 Å². The number of aromatic nitrogens is 3. The van der Waals surface area contributed by atoms with Crippen molar-refractivity contribution in [1.29, 1.82) is 0 Å². The lowest BCUT2D eigenvalue weighted by Crippen LogP contribution is -2.45. The van der Waals surface area contributed by atoms with Crippen molar-refractivity contribution in [3.8, 4) is 0 Å². The summed E-state index contributed by atoms with van der Waals surface area (Å²) in [5.41, 5.74) is 5.44.